The van der Waals surface area contributed by atoms with Crippen LogP contribution in [0.15, 0.2) is 29.6 Å². The number of nitrogen functional groups attached to an aromatic ring is 1. The fourth-order valence-electron chi connectivity index (χ4n) is 1.84. The molecule has 3 N–H and O–H groups in total. The van der Waals surface area contributed by atoms with E-state index in [0.717, 1.165) is 16.4 Å². The predicted molar refractivity (Wildman–Crippen MR) is 76.4 cm³/mol. The van der Waals surface area contributed by atoms with Gasteiger partial charge in [0.25, 0.3) is 0 Å². The van der Waals surface area contributed by atoms with Crippen molar-refractivity contribution in [3.63, 3.8) is 0 Å². The van der Waals surface area contributed by atoms with Gasteiger partial charge in [-0.1, -0.05) is 12.1 Å². The number of rotatable bonds is 5. The SMILES string of the molecule is Cc1nc(CN(CC(=O)O)c2ccccc2N)cs1. The minimum atomic E-state index is -0.893. The molecule has 2 rings (SSSR count). The summed E-state index contributed by atoms with van der Waals surface area (Å²) in [5.41, 5.74) is 8.04. The van der Waals surface area contributed by atoms with Crippen LogP contribution in [0.2, 0.25) is 0 Å². The zero-order valence-corrected chi connectivity index (χ0v) is 11.4. The highest BCUT2D eigenvalue weighted by atomic mass is 32.1. The number of aromatic nitrogens is 1. The van der Waals surface area contributed by atoms with Gasteiger partial charge in [-0.3, -0.25) is 4.79 Å². The fourth-order valence-corrected chi connectivity index (χ4v) is 2.45. The summed E-state index contributed by atoms with van der Waals surface area (Å²) in [6.45, 7) is 2.25. The third-order valence-electron chi connectivity index (χ3n) is 2.62. The van der Waals surface area contributed by atoms with E-state index in [9.17, 15) is 4.79 Å². The first-order valence-corrected chi connectivity index (χ1v) is 6.66. The zero-order valence-electron chi connectivity index (χ0n) is 10.5. The average Bonchev–Trinajstić information content (AvgIpc) is 2.74. The number of thiazole rings is 1. The smallest absolute Gasteiger partial charge is 0.323 e. The lowest BCUT2D eigenvalue weighted by Crippen LogP contribution is -2.29. The zero-order chi connectivity index (χ0) is 13.8. The van der Waals surface area contributed by atoms with Gasteiger partial charge < -0.3 is 15.7 Å². The molecule has 0 radical (unpaired) electrons. The number of para-hydroxylation sites is 2. The average molecular weight is 277 g/mol. The number of hydrogen-bond acceptors (Lipinski definition) is 5. The van der Waals surface area contributed by atoms with Gasteiger partial charge in [-0.05, 0) is 19.1 Å². The van der Waals surface area contributed by atoms with E-state index in [4.69, 9.17) is 10.8 Å². The summed E-state index contributed by atoms with van der Waals surface area (Å²) in [4.78, 5) is 17.1. The Bertz CT molecular complexity index is 583. The highest BCUT2D eigenvalue weighted by molar-refractivity contribution is 7.09. The first-order valence-electron chi connectivity index (χ1n) is 5.78. The van der Waals surface area contributed by atoms with Crippen LogP contribution in [0.25, 0.3) is 0 Å². The molecule has 6 heteroatoms. The Kier molecular flexibility index (Phi) is 4.01. The second-order valence-corrected chi connectivity index (χ2v) is 5.23. The Labute approximate surface area is 115 Å². The monoisotopic (exact) mass is 277 g/mol. The van der Waals surface area contributed by atoms with E-state index < -0.39 is 5.97 Å². The van der Waals surface area contributed by atoms with E-state index in [1.165, 1.54) is 0 Å². The van der Waals surface area contributed by atoms with Crippen LogP contribution in [0, 0.1) is 6.92 Å². The molecule has 0 bridgehead atoms. The lowest BCUT2D eigenvalue weighted by atomic mass is 10.2. The first-order chi connectivity index (χ1) is 9.06. The molecular formula is C13H15N3O2S. The van der Waals surface area contributed by atoms with Crippen LogP contribution < -0.4 is 10.6 Å². The van der Waals surface area contributed by atoms with Crippen LogP contribution in [0.5, 0.6) is 0 Å². The molecule has 5 nitrogen and oxygen atoms in total. The molecule has 0 aliphatic carbocycles. The van der Waals surface area contributed by atoms with E-state index in [0.29, 0.717) is 12.2 Å². The number of carboxylic acid groups (broad SMARTS) is 1. The Balaban J connectivity index is 2.26. The van der Waals surface area contributed by atoms with Crippen LogP contribution in [-0.2, 0) is 11.3 Å². The Morgan fingerprint density at radius 1 is 1.47 bits per heavy atom. The summed E-state index contributed by atoms with van der Waals surface area (Å²) in [5, 5.41) is 11.9. The number of aryl methyl sites for hydroxylation is 1. The molecule has 1 aromatic carbocycles. The van der Waals surface area contributed by atoms with Gasteiger partial charge in [0, 0.05) is 5.38 Å². The Morgan fingerprint density at radius 3 is 2.79 bits per heavy atom. The first kappa shape index (κ1) is 13.4. The van der Waals surface area contributed by atoms with Gasteiger partial charge in [0.05, 0.1) is 28.6 Å². The number of anilines is 2. The van der Waals surface area contributed by atoms with Crippen molar-refractivity contribution in [2.24, 2.45) is 0 Å². The molecule has 19 heavy (non-hydrogen) atoms. The Hall–Kier alpha value is -2.08. The standard InChI is InChI=1S/C13H15N3O2S/c1-9-15-10(8-19-9)6-16(7-13(17)18)12-5-3-2-4-11(12)14/h2-5,8H,6-7,14H2,1H3,(H,17,18). The minimum Gasteiger partial charge on any atom is -0.480 e. The van der Waals surface area contributed by atoms with Gasteiger partial charge >= 0.3 is 5.97 Å². The summed E-state index contributed by atoms with van der Waals surface area (Å²) >= 11 is 1.55. The number of nitrogens with two attached hydrogens (primary N) is 1. The van der Waals surface area contributed by atoms with Crippen molar-refractivity contribution in [2.75, 3.05) is 17.2 Å². The molecule has 0 aliphatic heterocycles. The summed E-state index contributed by atoms with van der Waals surface area (Å²) < 4.78 is 0. The van der Waals surface area contributed by atoms with Crippen molar-refractivity contribution in [1.29, 1.82) is 0 Å². The number of nitrogens with zero attached hydrogens (tertiary/aromatic N) is 2. The highest BCUT2D eigenvalue weighted by Crippen LogP contribution is 2.24. The van der Waals surface area contributed by atoms with Crippen LogP contribution in [0.4, 0.5) is 11.4 Å². The number of carbonyl (C=O) groups is 1. The number of aliphatic carboxylic acids is 1. The van der Waals surface area contributed by atoms with E-state index >= 15 is 0 Å². The van der Waals surface area contributed by atoms with Crippen LogP contribution in [-0.4, -0.2) is 22.6 Å². The maximum Gasteiger partial charge on any atom is 0.323 e. The van der Waals surface area contributed by atoms with E-state index in [-0.39, 0.29) is 6.54 Å². The highest BCUT2D eigenvalue weighted by Gasteiger charge is 2.14. The Morgan fingerprint density at radius 2 is 2.21 bits per heavy atom. The number of benzene rings is 1. The van der Waals surface area contributed by atoms with Gasteiger partial charge in [-0.15, -0.1) is 11.3 Å². The lowest BCUT2D eigenvalue weighted by Gasteiger charge is -2.23. The maximum atomic E-state index is 11.0. The molecule has 100 valence electrons. The third-order valence-corrected chi connectivity index (χ3v) is 3.45. The van der Waals surface area contributed by atoms with Crippen molar-refractivity contribution < 1.29 is 9.90 Å². The van der Waals surface area contributed by atoms with E-state index in [1.807, 2.05) is 30.5 Å². The molecular weight excluding hydrogens is 262 g/mol. The molecule has 0 atom stereocenters. The lowest BCUT2D eigenvalue weighted by molar-refractivity contribution is -0.135. The quantitative estimate of drug-likeness (QED) is 0.818. The number of carboxylic acids is 1. The fraction of sp³-hybridized carbons (Fsp3) is 0.231. The van der Waals surface area contributed by atoms with Crippen molar-refractivity contribution in [3.05, 3.63) is 40.3 Å². The summed E-state index contributed by atoms with van der Waals surface area (Å²) in [6, 6.07) is 7.24. The van der Waals surface area contributed by atoms with Crippen LogP contribution in [0.1, 0.15) is 10.7 Å². The third kappa shape index (κ3) is 3.45. The summed E-state index contributed by atoms with van der Waals surface area (Å²) in [7, 11) is 0. The summed E-state index contributed by atoms with van der Waals surface area (Å²) in [5.74, 6) is -0.893. The molecule has 0 fully saturated rings. The normalized spacial score (nSPS) is 10.4. The van der Waals surface area contributed by atoms with Gasteiger partial charge in [0.15, 0.2) is 0 Å². The maximum absolute atomic E-state index is 11.0. The van der Waals surface area contributed by atoms with Crippen molar-refractivity contribution >= 4 is 28.7 Å². The second-order valence-electron chi connectivity index (χ2n) is 4.17. The molecule has 1 heterocycles. The molecule has 0 amide bonds. The topological polar surface area (TPSA) is 79.5 Å². The molecule has 0 saturated carbocycles. The largest absolute Gasteiger partial charge is 0.480 e. The molecule has 0 aliphatic rings. The van der Waals surface area contributed by atoms with Gasteiger partial charge in [-0.25, -0.2) is 4.98 Å². The molecule has 0 unspecified atom stereocenters. The van der Waals surface area contributed by atoms with Crippen LogP contribution in [0.3, 0.4) is 0 Å². The van der Waals surface area contributed by atoms with Gasteiger partial charge in [-0.2, -0.15) is 0 Å². The van der Waals surface area contributed by atoms with Gasteiger partial charge in [0.1, 0.15) is 6.54 Å². The van der Waals surface area contributed by atoms with Crippen molar-refractivity contribution in [1.82, 2.24) is 4.98 Å². The van der Waals surface area contributed by atoms with E-state index in [1.54, 1.807) is 22.3 Å². The van der Waals surface area contributed by atoms with Crippen LogP contribution >= 0.6 is 11.3 Å². The molecule has 1 aromatic heterocycles. The molecule has 2 aromatic rings. The van der Waals surface area contributed by atoms with Crippen molar-refractivity contribution in [2.45, 2.75) is 13.5 Å². The second kappa shape index (κ2) is 5.71. The van der Waals surface area contributed by atoms with E-state index in [2.05, 4.69) is 4.98 Å². The van der Waals surface area contributed by atoms with Crippen molar-refractivity contribution in [3.8, 4) is 0 Å². The molecule has 0 saturated heterocycles. The predicted octanol–water partition coefficient (Wildman–Crippen LogP) is 2.12. The minimum absolute atomic E-state index is 0.106. The molecule has 0 spiro atoms. The van der Waals surface area contributed by atoms with Gasteiger partial charge in [0.2, 0.25) is 0 Å². The summed E-state index contributed by atoms with van der Waals surface area (Å²) in [6.07, 6.45) is 0. The number of hydrogen-bond donors (Lipinski definition) is 2.